The van der Waals surface area contributed by atoms with Gasteiger partial charge in [0.1, 0.15) is 11.4 Å². The summed E-state index contributed by atoms with van der Waals surface area (Å²) in [5, 5.41) is 3.53. The van der Waals surface area contributed by atoms with E-state index in [2.05, 4.69) is 21.2 Å². The van der Waals surface area contributed by atoms with Crippen molar-refractivity contribution >= 4 is 27.7 Å². The van der Waals surface area contributed by atoms with Crippen LogP contribution in [0.5, 0.6) is 5.75 Å². The molecule has 1 N–H and O–H groups in total. The number of nitrogens with one attached hydrogen (secondary N) is 1. The molecule has 19 heavy (non-hydrogen) atoms. The predicted molar refractivity (Wildman–Crippen MR) is 80.2 cm³/mol. The fraction of sp³-hybridized carbons (Fsp3) is 0.500. The summed E-state index contributed by atoms with van der Waals surface area (Å²) < 4.78 is 10.7. The Bertz CT molecular complexity index is 404. The van der Waals surface area contributed by atoms with E-state index in [0.717, 1.165) is 17.5 Å². The number of hydrogen-bond acceptors (Lipinski definition) is 3. The zero-order chi connectivity index (χ0) is 14.3. The number of anilines is 1. The molecule has 0 saturated carbocycles. The summed E-state index contributed by atoms with van der Waals surface area (Å²) in [6.45, 7) is 6.20. The molecule has 0 unspecified atom stereocenters. The van der Waals surface area contributed by atoms with E-state index in [4.69, 9.17) is 9.47 Å². The third kappa shape index (κ3) is 5.96. The molecule has 1 aromatic carbocycles. The van der Waals surface area contributed by atoms with E-state index in [0.29, 0.717) is 12.3 Å². The lowest BCUT2D eigenvalue weighted by Crippen LogP contribution is -2.28. The molecule has 0 aliphatic heterocycles. The van der Waals surface area contributed by atoms with Gasteiger partial charge < -0.3 is 9.47 Å². The van der Waals surface area contributed by atoms with E-state index in [1.807, 2.05) is 26.0 Å². The molecule has 0 spiro atoms. The second-order valence-electron chi connectivity index (χ2n) is 4.67. The number of halogens is 1. The van der Waals surface area contributed by atoms with Crippen molar-refractivity contribution in [2.75, 3.05) is 17.3 Å². The average molecular weight is 330 g/mol. The first kappa shape index (κ1) is 15.8. The lowest BCUT2D eigenvalue weighted by Gasteiger charge is -2.25. The molecule has 1 aromatic rings. The van der Waals surface area contributed by atoms with Gasteiger partial charge in [0.05, 0.1) is 6.61 Å². The quantitative estimate of drug-likeness (QED) is 0.795. The lowest BCUT2D eigenvalue weighted by molar-refractivity contribution is 0.107. The maximum Gasteiger partial charge on any atom is 0.411 e. The average Bonchev–Trinajstić information content (AvgIpc) is 2.31. The van der Waals surface area contributed by atoms with Crippen molar-refractivity contribution in [3.8, 4) is 5.75 Å². The van der Waals surface area contributed by atoms with Crippen molar-refractivity contribution < 1.29 is 14.3 Å². The fourth-order valence-electron chi connectivity index (χ4n) is 1.49. The van der Waals surface area contributed by atoms with Crippen LogP contribution in [0.4, 0.5) is 10.5 Å². The van der Waals surface area contributed by atoms with Gasteiger partial charge in [-0.3, -0.25) is 5.32 Å². The molecular weight excluding hydrogens is 310 g/mol. The highest BCUT2D eigenvalue weighted by Crippen LogP contribution is 2.23. The monoisotopic (exact) mass is 329 g/mol. The number of rotatable bonds is 6. The van der Waals surface area contributed by atoms with Gasteiger partial charge in [-0.05, 0) is 51.5 Å². The van der Waals surface area contributed by atoms with Crippen LogP contribution in [0.2, 0.25) is 0 Å². The van der Waals surface area contributed by atoms with Crippen LogP contribution in [-0.2, 0) is 4.74 Å². The molecule has 0 heterocycles. The molecule has 0 aliphatic rings. The summed E-state index contributed by atoms with van der Waals surface area (Å²) in [5.74, 6) is 0.778. The smallest absolute Gasteiger partial charge is 0.411 e. The van der Waals surface area contributed by atoms with Crippen LogP contribution >= 0.6 is 15.9 Å². The van der Waals surface area contributed by atoms with E-state index < -0.39 is 6.09 Å². The molecule has 0 aromatic heterocycles. The normalized spacial score (nSPS) is 10.9. The van der Waals surface area contributed by atoms with Gasteiger partial charge in [-0.2, -0.15) is 0 Å². The number of benzene rings is 1. The summed E-state index contributed by atoms with van der Waals surface area (Å²) in [7, 11) is 0. The van der Waals surface area contributed by atoms with Gasteiger partial charge in [0.2, 0.25) is 0 Å². The van der Waals surface area contributed by atoms with Gasteiger partial charge in [0.15, 0.2) is 0 Å². The Labute approximate surface area is 122 Å². The molecule has 0 bridgehead atoms. The minimum atomic E-state index is -0.448. The molecule has 0 fully saturated rings. The summed E-state index contributed by atoms with van der Waals surface area (Å²) in [4.78, 5) is 11.2. The SMILES string of the molecule is CCOC(=O)Nc1ccc(OC(C)(C)CCBr)cc1. The summed E-state index contributed by atoms with van der Waals surface area (Å²) >= 11 is 3.41. The van der Waals surface area contributed by atoms with Crippen molar-refractivity contribution in [2.24, 2.45) is 0 Å². The standard InChI is InChI=1S/C14H20BrNO3/c1-4-18-13(17)16-11-5-7-12(8-6-11)19-14(2,3)9-10-15/h5-8H,4,9-10H2,1-3H3,(H,16,17). The highest BCUT2D eigenvalue weighted by atomic mass is 79.9. The Morgan fingerprint density at radius 3 is 2.47 bits per heavy atom. The Balaban J connectivity index is 2.59. The second-order valence-corrected chi connectivity index (χ2v) is 5.46. The van der Waals surface area contributed by atoms with E-state index >= 15 is 0 Å². The number of amides is 1. The molecule has 1 rings (SSSR count). The van der Waals surface area contributed by atoms with Crippen LogP contribution in [0.25, 0.3) is 0 Å². The van der Waals surface area contributed by atoms with Crippen LogP contribution in [0.3, 0.4) is 0 Å². The highest BCUT2D eigenvalue weighted by Gasteiger charge is 2.18. The summed E-state index contributed by atoms with van der Waals surface area (Å²) in [6.07, 6.45) is 0.464. The largest absolute Gasteiger partial charge is 0.488 e. The second kappa shape index (κ2) is 7.38. The molecule has 0 saturated heterocycles. The van der Waals surface area contributed by atoms with E-state index in [1.165, 1.54) is 0 Å². The Morgan fingerprint density at radius 2 is 1.95 bits per heavy atom. The first-order chi connectivity index (χ1) is 8.96. The minimum Gasteiger partial charge on any atom is -0.488 e. The van der Waals surface area contributed by atoms with Crippen molar-refractivity contribution in [1.29, 1.82) is 0 Å². The third-order valence-corrected chi connectivity index (χ3v) is 2.86. The van der Waals surface area contributed by atoms with Crippen LogP contribution < -0.4 is 10.1 Å². The Hall–Kier alpha value is -1.23. The topological polar surface area (TPSA) is 47.6 Å². The molecule has 1 amide bonds. The fourth-order valence-corrected chi connectivity index (χ4v) is 2.44. The molecular formula is C14H20BrNO3. The van der Waals surface area contributed by atoms with Crippen molar-refractivity contribution in [3.63, 3.8) is 0 Å². The van der Waals surface area contributed by atoms with Gasteiger partial charge in [-0.15, -0.1) is 0 Å². The van der Waals surface area contributed by atoms with E-state index in [1.54, 1.807) is 19.1 Å². The number of hydrogen-bond donors (Lipinski definition) is 1. The lowest BCUT2D eigenvalue weighted by atomic mass is 10.1. The Morgan fingerprint density at radius 1 is 1.32 bits per heavy atom. The highest BCUT2D eigenvalue weighted by molar-refractivity contribution is 9.09. The number of ether oxygens (including phenoxy) is 2. The molecule has 0 radical (unpaired) electrons. The van der Waals surface area contributed by atoms with Crippen molar-refractivity contribution in [2.45, 2.75) is 32.8 Å². The number of carbonyl (C=O) groups is 1. The van der Waals surface area contributed by atoms with Crippen LogP contribution in [0.15, 0.2) is 24.3 Å². The van der Waals surface area contributed by atoms with Gasteiger partial charge in [0.25, 0.3) is 0 Å². The van der Waals surface area contributed by atoms with Crippen molar-refractivity contribution in [3.05, 3.63) is 24.3 Å². The van der Waals surface area contributed by atoms with Crippen LogP contribution in [0.1, 0.15) is 27.2 Å². The predicted octanol–water partition coefficient (Wildman–Crippen LogP) is 4.20. The third-order valence-electron chi connectivity index (χ3n) is 2.47. The number of alkyl halides is 1. The van der Waals surface area contributed by atoms with E-state index in [-0.39, 0.29) is 5.60 Å². The zero-order valence-corrected chi connectivity index (χ0v) is 13.1. The molecule has 0 aliphatic carbocycles. The molecule has 4 nitrogen and oxygen atoms in total. The maximum atomic E-state index is 11.2. The first-order valence-corrected chi connectivity index (χ1v) is 7.38. The Kier molecular flexibility index (Phi) is 6.15. The summed E-state index contributed by atoms with van der Waals surface area (Å²) in [5.41, 5.74) is 0.462. The number of carbonyl (C=O) groups excluding carboxylic acids is 1. The molecule has 5 heteroatoms. The maximum absolute atomic E-state index is 11.2. The van der Waals surface area contributed by atoms with Gasteiger partial charge in [0, 0.05) is 11.0 Å². The van der Waals surface area contributed by atoms with E-state index in [9.17, 15) is 4.79 Å². The van der Waals surface area contributed by atoms with Crippen LogP contribution in [0, 0.1) is 0 Å². The van der Waals surface area contributed by atoms with Gasteiger partial charge in [-0.1, -0.05) is 15.9 Å². The first-order valence-electron chi connectivity index (χ1n) is 6.25. The molecule has 0 atom stereocenters. The molecule has 106 valence electrons. The zero-order valence-electron chi connectivity index (χ0n) is 11.5. The van der Waals surface area contributed by atoms with Crippen molar-refractivity contribution in [1.82, 2.24) is 0 Å². The van der Waals surface area contributed by atoms with Gasteiger partial charge >= 0.3 is 6.09 Å². The van der Waals surface area contributed by atoms with Gasteiger partial charge in [-0.25, -0.2) is 4.79 Å². The summed E-state index contributed by atoms with van der Waals surface area (Å²) in [6, 6.07) is 7.24. The minimum absolute atomic E-state index is 0.223. The van der Waals surface area contributed by atoms with Crippen LogP contribution in [-0.4, -0.2) is 23.6 Å².